The first kappa shape index (κ1) is 18.7. The average molecular weight is 334 g/mol. The van der Waals surface area contributed by atoms with Crippen LogP contribution in [0, 0.1) is 0 Å². The Morgan fingerprint density at radius 2 is 1.83 bits per heavy atom. The molecule has 6 heteroatoms. The Bertz CT molecular complexity index is 510. The van der Waals surface area contributed by atoms with Crippen molar-refractivity contribution in [3.8, 4) is 0 Å². The summed E-state index contributed by atoms with van der Waals surface area (Å²) < 4.78 is 4.91. The fourth-order valence-electron chi connectivity index (χ4n) is 2.98. The first-order valence-corrected chi connectivity index (χ1v) is 8.46. The van der Waals surface area contributed by atoms with E-state index in [9.17, 15) is 4.79 Å². The topological polar surface area (TPSA) is 48.1 Å². The monoisotopic (exact) mass is 334 g/mol. The zero-order chi connectivity index (χ0) is 17.5. The van der Waals surface area contributed by atoms with Gasteiger partial charge in [-0.15, -0.1) is 0 Å². The van der Waals surface area contributed by atoms with E-state index in [1.165, 1.54) is 18.4 Å². The predicted molar refractivity (Wildman–Crippen MR) is 97.5 cm³/mol. The minimum Gasteiger partial charge on any atom is -0.378 e. The van der Waals surface area contributed by atoms with E-state index in [0.29, 0.717) is 6.54 Å². The molecule has 24 heavy (non-hydrogen) atoms. The third kappa shape index (κ3) is 5.19. The van der Waals surface area contributed by atoms with E-state index >= 15 is 0 Å². The van der Waals surface area contributed by atoms with E-state index in [4.69, 9.17) is 4.74 Å². The summed E-state index contributed by atoms with van der Waals surface area (Å²) in [4.78, 5) is 18.7. The molecular weight excluding hydrogens is 304 g/mol. The lowest BCUT2D eigenvalue weighted by molar-refractivity contribution is -0.125. The number of benzene rings is 1. The molecule has 1 N–H and O–H groups in total. The molecule has 1 aromatic carbocycles. The van der Waals surface area contributed by atoms with Crippen molar-refractivity contribution in [2.75, 3.05) is 72.5 Å². The summed E-state index contributed by atoms with van der Waals surface area (Å²) in [6.07, 6.45) is 0. The van der Waals surface area contributed by atoms with Crippen molar-refractivity contribution in [3.05, 3.63) is 29.8 Å². The summed E-state index contributed by atoms with van der Waals surface area (Å²) in [6.45, 7) is 4.84. The van der Waals surface area contributed by atoms with Gasteiger partial charge in [0.2, 0.25) is 5.91 Å². The molecule has 6 nitrogen and oxygen atoms in total. The van der Waals surface area contributed by atoms with E-state index in [-0.39, 0.29) is 18.6 Å². The van der Waals surface area contributed by atoms with Crippen LogP contribution in [0.4, 0.5) is 5.69 Å². The standard InChI is InChI=1S/C18H30N4O2/c1-20(2)16-7-5-15(6-8-16)17(13-19-18(23)14-24-4)22-11-9-21(3)10-12-22/h5-8,17H,9-14H2,1-4H3,(H,19,23)/t17-/m1/s1. The fraction of sp³-hybridized carbons (Fsp3) is 0.611. The van der Waals surface area contributed by atoms with Crippen LogP contribution in [-0.2, 0) is 9.53 Å². The maximum atomic E-state index is 11.8. The third-order valence-electron chi connectivity index (χ3n) is 4.54. The maximum absolute atomic E-state index is 11.8. The number of hydrogen-bond acceptors (Lipinski definition) is 5. The van der Waals surface area contributed by atoms with Crippen LogP contribution >= 0.6 is 0 Å². The normalized spacial score (nSPS) is 17.5. The molecule has 0 aliphatic carbocycles. The highest BCUT2D eigenvalue weighted by Crippen LogP contribution is 2.24. The number of nitrogens with zero attached hydrogens (tertiary/aromatic N) is 3. The van der Waals surface area contributed by atoms with Crippen molar-refractivity contribution in [1.82, 2.24) is 15.1 Å². The van der Waals surface area contributed by atoms with Gasteiger partial charge >= 0.3 is 0 Å². The number of amides is 1. The van der Waals surface area contributed by atoms with Gasteiger partial charge in [-0.2, -0.15) is 0 Å². The molecule has 0 spiro atoms. The second-order valence-electron chi connectivity index (χ2n) is 6.58. The Labute approximate surface area is 145 Å². The number of rotatable bonds is 7. The van der Waals surface area contributed by atoms with Gasteiger partial charge in [0.05, 0.1) is 6.04 Å². The first-order valence-electron chi connectivity index (χ1n) is 8.46. The number of ether oxygens (including phenoxy) is 1. The number of anilines is 1. The lowest BCUT2D eigenvalue weighted by Crippen LogP contribution is -2.48. The second-order valence-corrected chi connectivity index (χ2v) is 6.58. The van der Waals surface area contributed by atoms with Crippen molar-refractivity contribution in [2.24, 2.45) is 0 Å². The molecule has 0 bridgehead atoms. The number of nitrogens with one attached hydrogen (secondary N) is 1. The van der Waals surface area contributed by atoms with Gasteiger partial charge in [-0.1, -0.05) is 12.1 Å². The van der Waals surface area contributed by atoms with Crippen LogP contribution in [-0.4, -0.2) is 83.3 Å². The number of methoxy groups -OCH3 is 1. The summed E-state index contributed by atoms with van der Waals surface area (Å²) in [6, 6.07) is 8.79. The van der Waals surface area contributed by atoms with Crippen LogP contribution in [0.5, 0.6) is 0 Å². The highest BCUT2D eigenvalue weighted by Gasteiger charge is 2.24. The number of likely N-dealkylation sites (N-methyl/N-ethyl adjacent to an activating group) is 1. The number of carbonyl (C=O) groups excluding carboxylic acids is 1. The smallest absolute Gasteiger partial charge is 0.246 e. The molecule has 0 unspecified atom stereocenters. The van der Waals surface area contributed by atoms with Crippen LogP contribution in [0.2, 0.25) is 0 Å². The van der Waals surface area contributed by atoms with Crippen LogP contribution in [0.25, 0.3) is 0 Å². The van der Waals surface area contributed by atoms with Crippen molar-refractivity contribution >= 4 is 11.6 Å². The van der Waals surface area contributed by atoms with Gasteiger partial charge in [0.25, 0.3) is 0 Å². The second kappa shape index (κ2) is 9.01. The maximum Gasteiger partial charge on any atom is 0.246 e. The van der Waals surface area contributed by atoms with Crippen molar-refractivity contribution in [3.63, 3.8) is 0 Å². The zero-order valence-electron chi connectivity index (χ0n) is 15.3. The number of carbonyl (C=O) groups is 1. The Hall–Kier alpha value is -1.63. The number of hydrogen-bond donors (Lipinski definition) is 1. The van der Waals surface area contributed by atoms with E-state index in [1.54, 1.807) is 0 Å². The molecule has 1 amide bonds. The van der Waals surface area contributed by atoms with E-state index in [2.05, 4.69) is 51.3 Å². The largest absolute Gasteiger partial charge is 0.378 e. The summed E-state index contributed by atoms with van der Waals surface area (Å²) in [5.41, 5.74) is 2.42. The Kier molecular flexibility index (Phi) is 7.02. The SMILES string of the molecule is COCC(=O)NC[C@H](c1ccc(N(C)C)cc1)N1CCN(C)CC1. The Morgan fingerprint density at radius 3 is 2.38 bits per heavy atom. The fourth-order valence-corrected chi connectivity index (χ4v) is 2.98. The molecule has 134 valence electrons. The summed E-state index contributed by atoms with van der Waals surface area (Å²) in [5, 5.41) is 3.00. The Morgan fingerprint density at radius 1 is 1.21 bits per heavy atom. The highest BCUT2D eigenvalue weighted by molar-refractivity contribution is 5.77. The van der Waals surface area contributed by atoms with Gasteiger partial charge in [-0.05, 0) is 24.7 Å². The quantitative estimate of drug-likeness (QED) is 0.799. The van der Waals surface area contributed by atoms with Crippen molar-refractivity contribution < 1.29 is 9.53 Å². The molecule has 0 radical (unpaired) electrons. The third-order valence-corrected chi connectivity index (χ3v) is 4.54. The molecule has 1 heterocycles. The molecule has 1 saturated heterocycles. The van der Waals surface area contributed by atoms with Crippen molar-refractivity contribution in [1.29, 1.82) is 0 Å². The van der Waals surface area contributed by atoms with Gasteiger partial charge in [0.1, 0.15) is 6.61 Å². The van der Waals surface area contributed by atoms with E-state index in [0.717, 1.165) is 26.2 Å². The molecule has 1 aromatic rings. The molecular formula is C18H30N4O2. The van der Waals surface area contributed by atoms with Gasteiger partial charge in [-0.25, -0.2) is 0 Å². The van der Waals surface area contributed by atoms with E-state index in [1.807, 2.05) is 14.1 Å². The molecule has 0 saturated carbocycles. The van der Waals surface area contributed by atoms with Crippen LogP contribution in [0.1, 0.15) is 11.6 Å². The van der Waals surface area contributed by atoms with Crippen LogP contribution in [0.3, 0.4) is 0 Å². The minimum atomic E-state index is -0.0680. The van der Waals surface area contributed by atoms with Crippen LogP contribution in [0.15, 0.2) is 24.3 Å². The predicted octanol–water partition coefficient (Wildman–Crippen LogP) is 0.804. The Balaban J connectivity index is 2.10. The average Bonchev–Trinajstić information content (AvgIpc) is 2.57. The van der Waals surface area contributed by atoms with Crippen LogP contribution < -0.4 is 10.2 Å². The van der Waals surface area contributed by atoms with Gasteiger partial charge in [-0.3, -0.25) is 9.69 Å². The summed E-state index contributed by atoms with van der Waals surface area (Å²) in [7, 11) is 7.77. The lowest BCUT2D eigenvalue weighted by Gasteiger charge is -2.38. The minimum absolute atomic E-state index is 0.0680. The van der Waals surface area contributed by atoms with Gasteiger partial charge < -0.3 is 19.9 Å². The first-order chi connectivity index (χ1) is 11.5. The van der Waals surface area contributed by atoms with E-state index < -0.39 is 0 Å². The molecule has 2 rings (SSSR count). The van der Waals surface area contributed by atoms with Gasteiger partial charge in [0.15, 0.2) is 0 Å². The molecule has 1 aliphatic rings. The van der Waals surface area contributed by atoms with Gasteiger partial charge in [0, 0.05) is 59.6 Å². The molecule has 1 fully saturated rings. The number of piperazine rings is 1. The molecule has 0 aromatic heterocycles. The summed E-state index contributed by atoms with van der Waals surface area (Å²) in [5.74, 6) is -0.0680. The molecule has 1 aliphatic heterocycles. The zero-order valence-corrected chi connectivity index (χ0v) is 15.3. The molecule has 1 atom stereocenters. The summed E-state index contributed by atoms with van der Waals surface area (Å²) >= 11 is 0. The lowest BCUT2D eigenvalue weighted by atomic mass is 10.0. The highest BCUT2D eigenvalue weighted by atomic mass is 16.5. The van der Waals surface area contributed by atoms with Crippen molar-refractivity contribution in [2.45, 2.75) is 6.04 Å².